The molecule has 0 radical (unpaired) electrons. The van der Waals surface area contributed by atoms with Crippen molar-refractivity contribution in [3.05, 3.63) is 0 Å². The van der Waals surface area contributed by atoms with Crippen LogP contribution in [-0.2, 0) is 9.59 Å². The van der Waals surface area contributed by atoms with Crippen molar-refractivity contribution in [2.75, 3.05) is 6.61 Å². The van der Waals surface area contributed by atoms with E-state index in [1.54, 1.807) is 0 Å². The van der Waals surface area contributed by atoms with Gasteiger partial charge in [-0.1, -0.05) is 0 Å². The molecule has 4 bridgehead atoms. The Kier molecular flexibility index (Phi) is 3.71. The van der Waals surface area contributed by atoms with E-state index >= 15 is 0 Å². The number of carbonyl (C=O) groups is 2. The van der Waals surface area contributed by atoms with Crippen molar-refractivity contribution in [1.82, 2.24) is 5.32 Å². The molecule has 20 heavy (non-hydrogen) atoms. The largest absolute Gasteiger partial charge is 0.480 e. The molecule has 4 rings (SSSR count). The Hall–Kier alpha value is -1.10. The summed E-state index contributed by atoms with van der Waals surface area (Å²) in [6.07, 6.45) is 5.98. The van der Waals surface area contributed by atoms with E-state index in [4.69, 9.17) is 10.2 Å². The third kappa shape index (κ3) is 2.43. The van der Waals surface area contributed by atoms with Crippen LogP contribution < -0.4 is 5.32 Å². The van der Waals surface area contributed by atoms with Gasteiger partial charge in [0.05, 0.1) is 0 Å². The smallest absolute Gasteiger partial charge is 0.326 e. The highest BCUT2D eigenvalue weighted by Crippen LogP contribution is 2.56. The first kappa shape index (κ1) is 13.9. The molecule has 5 heteroatoms. The first-order chi connectivity index (χ1) is 9.58. The Bertz CT molecular complexity index is 381. The summed E-state index contributed by atoms with van der Waals surface area (Å²) in [6.45, 7) is -0.223. The second-order valence-corrected chi connectivity index (χ2v) is 6.87. The van der Waals surface area contributed by atoms with Gasteiger partial charge in [-0.05, 0) is 55.8 Å². The maximum Gasteiger partial charge on any atom is 0.326 e. The molecule has 0 aliphatic heterocycles. The van der Waals surface area contributed by atoms with E-state index < -0.39 is 12.0 Å². The molecule has 1 amide bonds. The van der Waals surface area contributed by atoms with Gasteiger partial charge in [0.25, 0.3) is 0 Å². The molecule has 112 valence electrons. The molecule has 0 aromatic rings. The van der Waals surface area contributed by atoms with E-state index in [1.165, 1.54) is 6.42 Å². The van der Waals surface area contributed by atoms with E-state index in [0.717, 1.165) is 37.5 Å². The lowest BCUT2D eigenvalue weighted by molar-refractivity contribution is -0.147. The van der Waals surface area contributed by atoms with Crippen molar-refractivity contribution >= 4 is 11.9 Å². The van der Waals surface area contributed by atoms with E-state index in [1.807, 2.05) is 0 Å². The Morgan fingerprint density at radius 1 is 1.05 bits per heavy atom. The lowest BCUT2D eigenvalue weighted by Crippen LogP contribution is -2.53. The van der Waals surface area contributed by atoms with Crippen molar-refractivity contribution in [2.24, 2.45) is 29.6 Å². The number of rotatable bonds is 5. The van der Waals surface area contributed by atoms with Crippen LogP contribution in [0.2, 0.25) is 0 Å². The zero-order chi connectivity index (χ0) is 14.3. The number of carboxylic acids is 1. The number of carbonyl (C=O) groups excluding carboxylic acids is 1. The average Bonchev–Trinajstić information content (AvgIpc) is 2.36. The molecule has 3 N–H and O–H groups in total. The molecular formula is C15H23NO4. The second kappa shape index (κ2) is 5.35. The number of amides is 1. The van der Waals surface area contributed by atoms with Crippen LogP contribution in [0.3, 0.4) is 0 Å². The van der Waals surface area contributed by atoms with E-state index in [2.05, 4.69) is 5.32 Å². The Labute approximate surface area is 118 Å². The van der Waals surface area contributed by atoms with Crippen LogP contribution in [0.5, 0.6) is 0 Å². The lowest BCUT2D eigenvalue weighted by Gasteiger charge is -2.53. The third-order valence-corrected chi connectivity index (χ3v) is 5.56. The number of aliphatic carboxylic acids is 1. The molecule has 4 aliphatic carbocycles. The highest BCUT2D eigenvalue weighted by atomic mass is 16.4. The number of aliphatic hydroxyl groups is 1. The summed E-state index contributed by atoms with van der Waals surface area (Å²) in [5, 5.41) is 20.6. The highest BCUT2D eigenvalue weighted by molar-refractivity contribution is 5.85. The summed E-state index contributed by atoms with van der Waals surface area (Å²) in [6, 6.07) is -0.954. The van der Waals surface area contributed by atoms with Gasteiger partial charge in [-0.2, -0.15) is 0 Å². The molecular weight excluding hydrogens is 258 g/mol. The van der Waals surface area contributed by atoms with Crippen molar-refractivity contribution in [1.29, 1.82) is 0 Å². The van der Waals surface area contributed by atoms with Gasteiger partial charge in [-0.25, -0.2) is 4.79 Å². The van der Waals surface area contributed by atoms with Crippen LogP contribution >= 0.6 is 0 Å². The predicted octanol–water partition coefficient (Wildman–Crippen LogP) is 1.01. The zero-order valence-corrected chi connectivity index (χ0v) is 11.6. The van der Waals surface area contributed by atoms with Gasteiger partial charge in [-0.3, -0.25) is 4.79 Å². The van der Waals surface area contributed by atoms with Gasteiger partial charge in [0.15, 0.2) is 0 Å². The summed E-state index contributed by atoms with van der Waals surface area (Å²) in [5.74, 6) is 1.35. The van der Waals surface area contributed by atoms with Crippen LogP contribution in [0.25, 0.3) is 0 Å². The van der Waals surface area contributed by atoms with E-state index in [9.17, 15) is 9.59 Å². The first-order valence-electron chi connectivity index (χ1n) is 7.72. The van der Waals surface area contributed by atoms with Crippen LogP contribution in [0, 0.1) is 29.6 Å². The molecule has 0 aromatic carbocycles. The SMILES string of the molecule is O=C(N[C@@H](CCO)C(=O)O)C1C2CC3CC(C2)CC1C3. The van der Waals surface area contributed by atoms with Gasteiger partial charge in [0, 0.05) is 18.9 Å². The third-order valence-electron chi connectivity index (χ3n) is 5.56. The summed E-state index contributed by atoms with van der Waals surface area (Å²) < 4.78 is 0. The number of hydrogen-bond acceptors (Lipinski definition) is 3. The maximum absolute atomic E-state index is 12.5. The molecule has 1 atom stereocenters. The minimum absolute atomic E-state index is 0.00310. The first-order valence-corrected chi connectivity index (χ1v) is 7.72. The summed E-state index contributed by atoms with van der Waals surface area (Å²) in [7, 11) is 0. The fourth-order valence-electron chi connectivity index (χ4n) is 5.01. The van der Waals surface area contributed by atoms with Crippen LogP contribution in [0.15, 0.2) is 0 Å². The topological polar surface area (TPSA) is 86.6 Å². The minimum atomic E-state index is -1.06. The molecule has 4 fully saturated rings. The average molecular weight is 281 g/mol. The van der Waals surface area contributed by atoms with Crippen LogP contribution in [-0.4, -0.2) is 34.7 Å². The van der Waals surface area contributed by atoms with Crippen LogP contribution in [0.1, 0.15) is 38.5 Å². The fraction of sp³-hybridized carbons (Fsp3) is 0.867. The van der Waals surface area contributed by atoms with Crippen LogP contribution in [0.4, 0.5) is 0 Å². The Morgan fingerprint density at radius 2 is 1.60 bits per heavy atom. The molecule has 0 aromatic heterocycles. The molecule has 0 saturated heterocycles. The summed E-state index contributed by atoms with van der Waals surface area (Å²) >= 11 is 0. The normalized spacial score (nSPS) is 39.5. The van der Waals surface area contributed by atoms with Gasteiger partial charge >= 0.3 is 5.97 Å². The molecule has 0 heterocycles. The predicted molar refractivity (Wildman–Crippen MR) is 71.8 cm³/mol. The molecule has 5 nitrogen and oxygen atoms in total. The van der Waals surface area contributed by atoms with Crippen molar-refractivity contribution in [2.45, 2.75) is 44.6 Å². The zero-order valence-electron chi connectivity index (χ0n) is 11.6. The minimum Gasteiger partial charge on any atom is -0.480 e. The molecule has 0 unspecified atom stereocenters. The lowest BCUT2D eigenvalue weighted by atomic mass is 9.51. The Morgan fingerprint density at radius 3 is 2.05 bits per heavy atom. The summed E-state index contributed by atoms with van der Waals surface area (Å²) in [4.78, 5) is 23.6. The molecule has 4 saturated carbocycles. The number of hydrogen-bond donors (Lipinski definition) is 3. The van der Waals surface area contributed by atoms with Crippen molar-refractivity contribution in [3.63, 3.8) is 0 Å². The Balaban J connectivity index is 1.66. The number of aliphatic hydroxyl groups excluding tert-OH is 1. The highest BCUT2D eigenvalue weighted by Gasteiger charge is 2.51. The van der Waals surface area contributed by atoms with Gasteiger partial charge in [0.2, 0.25) is 5.91 Å². The van der Waals surface area contributed by atoms with E-state index in [-0.39, 0.29) is 24.9 Å². The monoisotopic (exact) mass is 281 g/mol. The summed E-state index contributed by atoms with van der Waals surface area (Å²) in [5.41, 5.74) is 0. The number of nitrogens with one attached hydrogen (secondary N) is 1. The molecule has 0 spiro atoms. The van der Waals surface area contributed by atoms with Crippen molar-refractivity contribution < 1.29 is 19.8 Å². The standard InChI is InChI=1S/C15H23NO4/c17-2-1-12(15(19)20)16-14(18)13-10-4-8-3-9(6-10)7-11(13)5-8/h8-13,17H,1-7H2,(H,16,18)(H,19,20)/t8?,9?,10?,11?,12-,13?/m0/s1. The van der Waals surface area contributed by atoms with Gasteiger partial charge in [-0.15, -0.1) is 0 Å². The van der Waals surface area contributed by atoms with Gasteiger partial charge in [0.1, 0.15) is 6.04 Å². The number of carboxylic acid groups (broad SMARTS) is 1. The quantitative estimate of drug-likeness (QED) is 0.702. The maximum atomic E-state index is 12.5. The van der Waals surface area contributed by atoms with Crippen molar-refractivity contribution in [3.8, 4) is 0 Å². The second-order valence-electron chi connectivity index (χ2n) is 6.87. The molecule has 4 aliphatic rings. The van der Waals surface area contributed by atoms with E-state index in [0.29, 0.717) is 11.8 Å². The fourth-order valence-corrected chi connectivity index (χ4v) is 5.01. The van der Waals surface area contributed by atoms with Gasteiger partial charge < -0.3 is 15.5 Å².